The van der Waals surface area contributed by atoms with Crippen LogP contribution in [0.15, 0.2) is 29.4 Å². The topological polar surface area (TPSA) is 47.0 Å². The van der Waals surface area contributed by atoms with Crippen LogP contribution in [0.3, 0.4) is 0 Å². The fraction of sp³-hybridized carbons (Fsp3) is 0.684. The maximum Gasteiger partial charge on any atom is 0.194 e. The highest BCUT2D eigenvalue weighted by Gasteiger charge is 2.29. The Morgan fingerprint density at radius 1 is 1.31 bits per heavy atom. The molecule has 1 unspecified atom stereocenters. The second kappa shape index (κ2) is 10.3. The summed E-state index contributed by atoms with van der Waals surface area (Å²) >= 11 is 0. The zero-order valence-electron chi connectivity index (χ0n) is 16.3. The largest absolute Gasteiger partial charge is 0.357 e. The first kappa shape index (κ1) is 21.2. The fourth-order valence-electron chi connectivity index (χ4n) is 3.30. The SMILES string of the molecule is CCNC(=NCC(C)N(C)C1CC1)N1CCN(c2ccccn2)CC1.I. The number of aliphatic imine (C=N–C) groups is 1. The van der Waals surface area contributed by atoms with Gasteiger partial charge in [-0.05, 0) is 45.9 Å². The van der Waals surface area contributed by atoms with E-state index < -0.39 is 0 Å². The fourth-order valence-corrected chi connectivity index (χ4v) is 3.30. The van der Waals surface area contributed by atoms with Gasteiger partial charge in [0.25, 0.3) is 0 Å². The molecule has 1 N–H and O–H groups in total. The highest BCUT2D eigenvalue weighted by atomic mass is 127. The number of halogens is 1. The van der Waals surface area contributed by atoms with Crippen LogP contribution in [0.25, 0.3) is 0 Å². The third-order valence-electron chi connectivity index (χ3n) is 5.21. The predicted molar refractivity (Wildman–Crippen MR) is 120 cm³/mol. The average molecular weight is 472 g/mol. The van der Waals surface area contributed by atoms with Crippen molar-refractivity contribution in [2.75, 3.05) is 51.2 Å². The highest BCUT2D eigenvalue weighted by Crippen LogP contribution is 2.26. The maximum absolute atomic E-state index is 4.92. The van der Waals surface area contributed by atoms with E-state index in [1.165, 1.54) is 12.8 Å². The Balaban J connectivity index is 0.00000243. The summed E-state index contributed by atoms with van der Waals surface area (Å²) in [6.45, 7) is 10.1. The van der Waals surface area contributed by atoms with Crippen molar-refractivity contribution in [3.05, 3.63) is 24.4 Å². The van der Waals surface area contributed by atoms with Gasteiger partial charge in [0.2, 0.25) is 0 Å². The molecule has 0 spiro atoms. The number of anilines is 1. The van der Waals surface area contributed by atoms with Crippen LogP contribution >= 0.6 is 24.0 Å². The molecule has 1 aliphatic carbocycles. The molecule has 0 bridgehead atoms. The summed E-state index contributed by atoms with van der Waals surface area (Å²) in [5.74, 6) is 2.13. The van der Waals surface area contributed by atoms with Crippen molar-refractivity contribution in [1.82, 2.24) is 20.1 Å². The first-order chi connectivity index (χ1) is 12.2. The molecule has 0 amide bonds. The van der Waals surface area contributed by atoms with E-state index >= 15 is 0 Å². The molecule has 1 aromatic rings. The van der Waals surface area contributed by atoms with Crippen LogP contribution in [0.5, 0.6) is 0 Å². The molecule has 2 fully saturated rings. The van der Waals surface area contributed by atoms with Gasteiger partial charge in [-0.2, -0.15) is 0 Å². The Labute approximate surface area is 175 Å². The molecule has 3 rings (SSSR count). The van der Waals surface area contributed by atoms with Crippen molar-refractivity contribution in [1.29, 1.82) is 0 Å². The Morgan fingerprint density at radius 3 is 2.62 bits per heavy atom. The lowest BCUT2D eigenvalue weighted by atomic mass is 10.3. The van der Waals surface area contributed by atoms with Crippen molar-refractivity contribution in [3.63, 3.8) is 0 Å². The maximum atomic E-state index is 4.92. The minimum absolute atomic E-state index is 0. The number of hydrogen-bond donors (Lipinski definition) is 1. The lowest BCUT2D eigenvalue weighted by Gasteiger charge is -2.37. The Hall–Kier alpha value is -1.09. The van der Waals surface area contributed by atoms with Crippen LogP contribution in [0.4, 0.5) is 5.82 Å². The number of hydrogen-bond acceptors (Lipinski definition) is 4. The molecule has 0 radical (unpaired) electrons. The number of rotatable bonds is 6. The quantitative estimate of drug-likeness (QED) is 0.391. The molecule has 1 aliphatic heterocycles. The van der Waals surface area contributed by atoms with E-state index in [1.54, 1.807) is 0 Å². The number of nitrogens with zero attached hydrogens (tertiary/aromatic N) is 5. The van der Waals surface area contributed by atoms with Gasteiger partial charge < -0.3 is 15.1 Å². The minimum Gasteiger partial charge on any atom is -0.357 e. The minimum atomic E-state index is 0. The van der Waals surface area contributed by atoms with E-state index in [1.807, 2.05) is 12.3 Å². The zero-order chi connectivity index (χ0) is 17.6. The lowest BCUT2D eigenvalue weighted by Crippen LogP contribution is -2.53. The first-order valence-corrected chi connectivity index (χ1v) is 9.60. The molecule has 1 saturated heterocycles. The van der Waals surface area contributed by atoms with Gasteiger partial charge in [0.05, 0.1) is 6.54 Å². The molecule has 7 heteroatoms. The predicted octanol–water partition coefficient (Wildman–Crippen LogP) is 2.27. The number of aromatic nitrogens is 1. The van der Waals surface area contributed by atoms with E-state index in [0.717, 1.165) is 57.1 Å². The normalized spacial score (nSPS) is 19.3. The smallest absolute Gasteiger partial charge is 0.194 e. The summed E-state index contributed by atoms with van der Waals surface area (Å²) in [6.07, 6.45) is 4.56. The van der Waals surface area contributed by atoms with Crippen LogP contribution in [0, 0.1) is 0 Å². The Kier molecular flexibility index (Phi) is 8.40. The lowest BCUT2D eigenvalue weighted by molar-refractivity contribution is 0.252. The van der Waals surface area contributed by atoms with Crippen LogP contribution in [-0.4, -0.2) is 79.1 Å². The highest BCUT2D eigenvalue weighted by molar-refractivity contribution is 14.0. The van der Waals surface area contributed by atoms with Crippen molar-refractivity contribution in [3.8, 4) is 0 Å². The van der Waals surface area contributed by atoms with E-state index in [2.05, 4.69) is 58.0 Å². The van der Waals surface area contributed by atoms with Gasteiger partial charge in [-0.1, -0.05) is 6.07 Å². The van der Waals surface area contributed by atoms with Gasteiger partial charge in [0.1, 0.15) is 5.82 Å². The summed E-state index contributed by atoms with van der Waals surface area (Å²) in [5.41, 5.74) is 0. The summed E-state index contributed by atoms with van der Waals surface area (Å²) in [7, 11) is 2.23. The molecule has 1 atom stereocenters. The monoisotopic (exact) mass is 472 g/mol. The van der Waals surface area contributed by atoms with Gasteiger partial charge >= 0.3 is 0 Å². The molecule has 146 valence electrons. The molecule has 0 aromatic carbocycles. The van der Waals surface area contributed by atoms with Crippen molar-refractivity contribution in [2.24, 2.45) is 4.99 Å². The van der Waals surface area contributed by atoms with Crippen molar-refractivity contribution >= 4 is 35.8 Å². The van der Waals surface area contributed by atoms with Crippen LogP contribution in [-0.2, 0) is 0 Å². The standard InChI is InChI=1S/C19H32N6.HI/c1-4-20-19(22-15-16(2)23(3)17-8-9-17)25-13-11-24(12-14-25)18-7-5-6-10-21-18;/h5-7,10,16-17H,4,8-9,11-15H2,1-3H3,(H,20,22);1H. The zero-order valence-corrected chi connectivity index (χ0v) is 18.6. The summed E-state index contributed by atoms with van der Waals surface area (Å²) in [4.78, 5) is 16.6. The second-order valence-electron chi connectivity index (χ2n) is 7.10. The third-order valence-corrected chi connectivity index (χ3v) is 5.21. The number of piperazine rings is 1. The number of guanidine groups is 1. The van der Waals surface area contributed by atoms with E-state index in [0.29, 0.717) is 6.04 Å². The number of pyridine rings is 1. The van der Waals surface area contributed by atoms with Gasteiger partial charge in [-0.15, -0.1) is 24.0 Å². The van der Waals surface area contributed by atoms with E-state index in [9.17, 15) is 0 Å². The molecule has 1 saturated carbocycles. The van der Waals surface area contributed by atoms with E-state index in [-0.39, 0.29) is 24.0 Å². The Bertz CT molecular complexity index is 554. The second-order valence-corrected chi connectivity index (χ2v) is 7.10. The summed E-state index contributed by atoms with van der Waals surface area (Å²) in [5, 5.41) is 3.47. The van der Waals surface area contributed by atoms with E-state index in [4.69, 9.17) is 4.99 Å². The molecular weight excluding hydrogens is 439 g/mol. The van der Waals surface area contributed by atoms with Crippen molar-refractivity contribution in [2.45, 2.75) is 38.8 Å². The summed E-state index contributed by atoms with van der Waals surface area (Å²) < 4.78 is 0. The summed E-state index contributed by atoms with van der Waals surface area (Å²) in [6, 6.07) is 7.39. The molecular formula is C19H33IN6. The molecule has 6 nitrogen and oxygen atoms in total. The number of likely N-dealkylation sites (N-methyl/N-ethyl adjacent to an activating group) is 1. The van der Waals surface area contributed by atoms with Gasteiger partial charge in [-0.25, -0.2) is 4.98 Å². The first-order valence-electron chi connectivity index (χ1n) is 9.60. The molecule has 2 aliphatic rings. The number of nitrogens with one attached hydrogen (secondary N) is 1. The molecule has 2 heterocycles. The van der Waals surface area contributed by atoms with Crippen LogP contribution in [0.1, 0.15) is 26.7 Å². The molecule has 1 aromatic heterocycles. The third kappa shape index (κ3) is 5.70. The molecule has 26 heavy (non-hydrogen) atoms. The van der Waals surface area contributed by atoms with Gasteiger partial charge in [0.15, 0.2) is 5.96 Å². The van der Waals surface area contributed by atoms with Crippen molar-refractivity contribution < 1.29 is 0 Å². The van der Waals surface area contributed by atoms with Gasteiger partial charge in [0, 0.05) is 51.0 Å². The van der Waals surface area contributed by atoms with Gasteiger partial charge in [-0.3, -0.25) is 9.89 Å². The Morgan fingerprint density at radius 2 is 2.04 bits per heavy atom. The van der Waals surface area contributed by atoms with Crippen LogP contribution in [0.2, 0.25) is 0 Å². The average Bonchev–Trinajstić information content (AvgIpc) is 3.50. The van der Waals surface area contributed by atoms with Crippen LogP contribution < -0.4 is 10.2 Å².